The van der Waals surface area contributed by atoms with E-state index in [2.05, 4.69) is 26.7 Å². The molecule has 8 heteroatoms. The number of hydroxylamine groups is 1. The number of guanidine groups is 1. The van der Waals surface area contributed by atoms with E-state index in [-0.39, 0.29) is 5.96 Å². The average molecular weight is 334 g/mol. The first-order valence-electron chi connectivity index (χ1n) is 7.51. The number of nitrogens with two attached hydrogens (primary N) is 1. The van der Waals surface area contributed by atoms with Crippen molar-refractivity contribution in [1.29, 1.82) is 0 Å². The number of hydrogen-bond acceptors (Lipinski definition) is 5. The lowest BCUT2D eigenvalue weighted by atomic mass is 10.1. The summed E-state index contributed by atoms with van der Waals surface area (Å²) in [7, 11) is -3.60. The monoisotopic (exact) mass is 334 g/mol. The van der Waals surface area contributed by atoms with Crippen molar-refractivity contribution in [3.63, 3.8) is 0 Å². The Morgan fingerprint density at radius 1 is 1.27 bits per heavy atom. The molecule has 4 N–H and O–H groups in total. The van der Waals surface area contributed by atoms with E-state index in [1.165, 1.54) is 0 Å². The number of aliphatic imine (C=N–C) groups is 1. The molecule has 0 amide bonds. The average Bonchev–Trinajstić information content (AvgIpc) is 2.42. The Bertz CT molecular complexity index is 447. The van der Waals surface area contributed by atoms with Gasteiger partial charge in [0, 0.05) is 6.54 Å². The molecule has 130 valence electrons. The van der Waals surface area contributed by atoms with Crippen molar-refractivity contribution in [3.05, 3.63) is 12.7 Å². The largest absolute Gasteiger partial charge is 0.346 e. The third kappa shape index (κ3) is 12.6. The lowest BCUT2D eigenvalue weighted by molar-refractivity contribution is 0.262. The second kappa shape index (κ2) is 10.6. The van der Waals surface area contributed by atoms with Gasteiger partial charge >= 0.3 is 0 Å². The second-order valence-electron chi connectivity index (χ2n) is 5.73. The van der Waals surface area contributed by atoms with Crippen LogP contribution in [0.1, 0.15) is 46.0 Å². The Labute approximate surface area is 134 Å². The summed E-state index contributed by atoms with van der Waals surface area (Å²) in [6.45, 7) is 8.82. The summed E-state index contributed by atoms with van der Waals surface area (Å²) in [4.78, 5) is 4.31. The van der Waals surface area contributed by atoms with Gasteiger partial charge in [-0.25, -0.2) is 5.48 Å². The van der Waals surface area contributed by atoms with E-state index in [1.807, 2.05) is 13.8 Å². The number of nitrogens with one attached hydrogen (secondary N) is 2. The zero-order chi connectivity index (χ0) is 17.1. The normalized spacial score (nSPS) is 13.0. The van der Waals surface area contributed by atoms with Crippen molar-refractivity contribution < 1.29 is 12.7 Å². The molecule has 7 nitrogen and oxygen atoms in total. The molecule has 0 saturated heterocycles. The van der Waals surface area contributed by atoms with Crippen LogP contribution in [0.5, 0.6) is 0 Å². The maximum Gasteiger partial charge on any atom is 0.285 e. The van der Waals surface area contributed by atoms with Gasteiger partial charge < -0.3 is 11.1 Å². The van der Waals surface area contributed by atoms with Gasteiger partial charge in [-0.1, -0.05) is 25.3 Å². The maximum atomic E-state index is 11.0. The first-order chi connectivity index (χ1) is 10.2. The van der Waals surface area contributed by atoms with Gasteiger partial charge in [-0.15, -0.1) is 10.9 Å². The number of rotatable bonds is 11. The number of hydrogen-bond donors (Lipinski definition) is 3. The number of unbranched alkanes of at least 4 members (excludes halogenated alkanes) is 4. The van der Waals surface area contributed by atoms with Gasteiger partial charge in [-0.05, 0) is 33.2 Å². The van der Waals surface area contributed by atoms with Gasteiger partial charge in [-0.3, -0.25) is 4.99 Å². The van der Waals surface area contributed by atoms with Crippen molar-refractivity contribution in [2.75, 3.05) is 19.3 Å². The molecule has 0 fully saturated rings. The molecule has 0 atom stereocenters. The Morgan fingerprint density at radius 2 is 1.86 bits per heavy atom. The molecule has 0 aliphatic rings. The molecule has 0 spiro atoms. The van der Waals surface area contributed by atoms with Gasteiger partial charge in [0.05, 0.1) is 11.8 Å². The van der Waals surface area contributed by atoms with E-state index in [4.69, 9.17) is 5.73 Å². The fourth-order valence-corrected chi connectivity index (χ4v) is 1.78. The Balaban J connectivity index is 4.37. The van der Waals surface area contributed by atoms with Gasteiger partial charge in [0.1, 0.15) is 0 Å². The first-order valence-corrected chi connectivity index (χ1v) is 9.32. The third-order valence-corrected chi connectivity index (χ3v) is 3.26. The zero-order valence-electron chi connectivity index (χ0n) is 13.9. The zero-order valence-corrected chi connectivity index (χ0v) is 14.7. The van der Waals surface area contributed by atoms with E-state index >= 15 is 0 Å². The second-order valence-corrected chi connectivity index (χ2v) is 7.30. The molecule has 0 heterocycles. The highest BCUT2D eigenvalue weighted by molar-refractivity contribution is 7.85. The van der Waals surface area contributed by atoms with Crippen LogP contribution < -0.4 is 16.5 Å². The summed E-state index contributed by atoms with van der Waals surface area (Å²) in [5.74, 6) is 0.275. The highest BCUT2D eigenvalue weighted by atomic mass is 32.2. The molecular weight excluding hydrogens is 304 g/mol. The predicted octanol–water partition coefficient (Wildman–Crippen LogP) is 1.29. The Hall–Kier alpha value is -1.12. The predicted molar refractivity (Wildman–Crippen MR) is 90.9 cm³/mol. The van der Waals surface area contributed by atoms with Crippen LogP contribution in [0.15, 0.2) is 17.6 Å². The van der Waals surface area contributed by atoms with Crippen LogP contribution in [0, 0.1) is 0 Å². The van der Waals surface area contributed by atoms with E-state index in [9.17, 15) is 8.42 Å². The SMILES string of the molecule is C=CC(C)(C)NC(=NCCCCCCCN)NOS(C)(=O)=O. The van der Waals surface area contributed by atoms with E-state index in [1.54, 1.807) is 6.08 Å². The van der Waals surface area contributed by atoms with Crippen LogP contribution in [0.4, 0.5) is 0 Å². The summed E-state index contributed by atoms with van der Waals surface area (Å²) < 4.78 is 26.7. The molecule has 0 bridgehead atoms. The van der Waals surface area contributed by atoms with Gasteiger partial charge in [0.15, 0.2) is 0 Å². The molecule has 22 heavy (non-hydrogen) atoms. The fourth-order valence-electron chi connectivity index (χ4n) is 1.55. The lowest BCUT2D eigenvalue weighted by Gasteiger charge is -2.24. The standard InChI is InChI=1S/C14H30N4O3S/c1-5-14(2,3)17-13(18-21-22(4,19)20)16-12-10-8-6-7-9-11-15/h5H,1,6-12,15H2,2-4H3,(H2,16,17,18). The van der Waals surface area contributed by atoms with Crippen molar-refractivity contribution in [2.45, 2.75) is 51.5 Å². The fraction of sp³-hybridized carbons (Fsp3) is 0.786. The molecule has 0 aromatic carbocycles. The van der Waals surface area contributed by atoms with Crippen molar-refractivity contribution in [3.8, 4) is 0 Å². The van der Waals surface area contributed by atoms with E-state index in [0.717, 1.165) is 44.9 Å². The van der Waals surface area contributed by atoms with Gasteiger partial charge in [0.25, 0.3) is 10.1 Å². The molecule has 0 aromatic rings. The van der Waals surface area contributed by atoms with Crippen LogP contribution in [0.3, 0.4) is 0 Å². The van der Waals surface area contributed by atoms with Crippen LogP contribution >= 0.6 is 0 Å². The first kappa shape index (κ1) is 20.9. The summed E-state index contributed by atoms with van der Waals surface area (Å²) >= 11 is 0. The lowest BCUT2D eigenvalue weighted by Crippen LogP contribution is -2.48. The maximum absolute atomic E-state index is 11.0. The minimum absolute atomic E-state index is 0.275. The van der Waals surface area contributed by atoms with Crippen LogP contribution in [-0.4, -0.2) is 39.3 Å². The minimum atomic E-state index is -3.60. The van der Waals surface area contributed by atoms with Gasteiger partial charge in [-0.2, -0.15) is 8.42 Å². The quantitative estimate of drug-likeness (QED) is 0.173. The summed E-state index contributed by atoms with van der Waals surface area (Å²) in [6.07, 6.45) is 7.96. The van der Waals surface area contributed by atoms with Crippen LogP contribution in [0.25, 0.3) is 0 Å². The van der Waals surface area contributed by atoms with Crippen molar-refractivity contribution in [1.82, 2.24) is 10.8 Å². The highest BCUT2D eigenvalue weighted by Crippen LogP contribution is 2.04. The topological polar surface area (TPSA) is 106 Å². The minimum Gasteiger partial charge on any atom is -0.346 e. The van der Waals surface area contributed by atoms with Crippen molar-refractivity contribution in [2.24, 2.45) is 10.7 Å². The summed E-state index contributed by atoms with van der Waals surface area (Å²) in [5.41, 5.74) is 7.35. The van der Waals surface area contributed by atoms with Crippen LogP contribution in [-0.2, 0) is 14.4 Å². The Morgan fingerprint density at radius 3 is 2.41 bits per heavy atom. The van der Waals surface area contributed by atoms with Crippen LogP contribution in [0.2, 0.25) is 0 Å². The smallest absolute Gasteiger partial charge is 0.285 e. The molecule has 0 unspecified atom stereocenters. The molecule has 0 radical (unpaired) electrons. The van der Waals surface area contributed by atoms with Gasteiger partial charge in [0.2, 0.25) is 5.96 Å². The molecule has 0 saturated carbocycles. The Kier molecular flexibility index (Phi) is 10.0. The molecule has 0 aliphatic heterocycles. The summed E-state index contributed by atoms with van der Waals surface area (Å²) in [5, 5.41) is 3.04. The molecule has 0 aliphatic carbocycles. The third-order valence-electron chi connectivity index (χ3n) is 2.87. The number of nitrogens with zero attached hydrogens (tertiary/aromatic N) is 1. The molecule has 0 rings (SSSR count). The van der Waals surface area contributed by atoms with E-state index in [0.29, 0.717) is 6.54 Å². The highest BCUT2D eigenvalue weighted by Gasteiger charge is 2.15. The molecule has 0 aromatic heterocycles. The summed E-state index contributed by atoms with van der Waals surface area (Å²) in [6, 6.07) is 0. The van der Waals surface area contributed by atoms with E-state index < -0.39 is 15.7 Å². The van der Waals surface area contributed by atoms with Crippen molar-refractivity contribution >= 4 is 16.1 Å². The molecular formula is C14H30N4O3S.